The van der Waals surface area contributed by atoms with Gasteiger partial charge in [-0.2, -0.15) is 15.5 Å². The molecule has 0 aliphatic rings. The number of anilines is 4. The van der Waals surface area contributed by atoms with Gasteiger partial charge in [-0.15, -0.1) is 5.10 Å². The standard InChI is InChI=1S/C23H21N7O/c1-14(9-10-24)18-11-15(2)20(16(3)12-18)27-23-28-21(22(31)30(4)29-23)26-19-7-5-17(13-25)6-8-19/h5-9,11-12H,1-4H3,(H2,26,27,28,29)/b14-9+. The van der Waals surface area contributed by atoms with Crippen LogP contribution in [0.4, 0.5) is 23.1 Å². The maximum absolute atomic E-state index is 12.5. The summed E-state index contributed by atoms with van der Waals surface area (Å²) in [5.41, 5.74) is 5.38. The first kappa shape index (κ1) is 21.3. The van der Waals surface area contributed by atoms with Gasteiger partial charge in [-0.3, -0.25) is 4.79 Å². The molecule has 0 aliphatic heterocycles. The summed E-state index contributed by atoms with van der Waals surface area (Å²) >= 11 is 0. The lowest BCUT2D eigenvalue weighted by atomic mass is 9.99. The molecule has 154 valence electrons. The summed E-state index contributed by atoms with van der Waals surface area (Å²) in [6.45, 7) is 5.80. The van der Waals surface area contributed by atoms with Crippen molar-refractivity contribution in [1.29, 1.82) is 10.5 Å². The van der Waals surface area contributed by atoms with Gasteiger partial charge in [0.15, 0.2) is 0 Å². The number of nitrogens with one attached hydrogen (secondary N) is 2. The van der Waals surface area contributed by atoms with E-state index in [9.17, 15) is 4.79 Å². The first-order valence-corrected chi connectivity index (χ1v) is 9.50. The number of aryl methyl sites for hydroxylation is 3. The van der Waals surface area contributed by atoms with Crippen LogP contribution in [0.3, 0.4) is 0 Å². The van der Waals surface area contributed by atoms with E-state index in [-0.39, 0.29) is 17.3 Å². The summed E-state index contributed by atoms with van der Waals surface area (Å²) in [6, 6.07) is 14.8. The van der Waals surface area contributed by atoms with E-state index in [1.54, 1.807) is 31.3 Å². The van der Waals surface area contributed by atoms with Crippen molar-refractivity contribution in [3.05, 3.63) is 75.1 Å². The minimum Gasteiger partial charge on any atom is -0.335 e. The summed E-state index contributed by atoms with van der Waals surface area (Å²) < 4.78 is 1.21. The van der Waals surface area contributed by atoms with Gasteiger partial charge in [0, 0.05) is 24.5 Å². The molecule has 1 heterocycles. The van der Waals surface area contributed by atoms with Crippen LogP contribution < -0.4 is 16.2 Å². The van der Waals surface area contributed by atoms with Crippen LogP contribution in [0, 0.1) is 36.5 Å². The summed E-state index contributed by atoms with van der Waals surface area (Å²) in [4.78, 5) is 16.8. The van der Waals surface area contributed by atoms with Gasteiger partial charge in [-0.05, 0) is 79.4 Å². The van der Waals surface area contributed by atoms with Crippen molar-refractivity contribution >= 4 is 28.7 Å². The summed E-state index contributed by atoms with van der Waals surface area (Å²) in [7, 11) is 1.55. The number of allylic oxidation sites excluding steroid dienone is 2. The molecule has 0 radical (unpaired) electrons. The van der Waals surface area contributed by atoms with Crippen molar-refractivity contribution < 1.29 is 0 Å². The van der Waals surface area contributed by atoms with Crippen molar-refractivity contribution in [2.24, 2.45) is 7.05 Å². The van der Waals surface area contributed by atoms with Gasteiger partial charge in [0.25, 0.3) is 0 Å². The first-order chi connectivity index (χ1) is 14.8. The number of aromatic nitrogens is 3. The Morgan fingerprint density at radius 1 is 1.10 bits per heavy atom. The smallest absolute Gasteiger partial charge is 0.309 e. The minimum absolute atomic E-state index is 0.115. The molecule has 31 heavy (non-hydrogen) atoms. The third-order valence-electron chi connectivity index (χ3n) is 4.74. The van der Waals surface area contributed by atoms with Crippen LogP contribution in [0.5, 0.6) is 0 Å². The van der Waals surface area contributed by atoms with E-state index in [0.717, 1.165) is 28.0 Å². The van der Waals surface area contributed by atoms with Gasteiger partial charge >= 0.3 is 5.56 Å². The Labute approximate surface area is 180 Å². The molecule has 2 aromatic carbocycles. The highest BCUT2D eigenvalue weighted by molar-refractivity contribution is 5.73. The van der Waals surface area contributed by atoms with Crippen molar-refractivity contribution in [2.75, 3.05) is 10.6 Å². The van der Waals surface area contributed by atoms with Crippen molar-refractivity contribution in [1.82, 2.24) is 14.8 Å². The highest BCUT2D eigenvalue weighted by Crippen LogP contribution is 2.27. The van der Waals surface area contributed by atoms with Crippen molar-refractivity contribution in [2.45, 2.75) is 20.8 Å². The number of benzene rings is 2. The molecule has 0 spiro atoms. The third-order valence-corrected chi connectivity index (χ3v) is 4.74. The van der Waals surface area contributed by atoms with Crippen LogP contribution in [0.2, 0.25) is 0 Å². The third kappa shape index (κ3) is 4.77. The Kier molecular flexibility index (Phi) is 6.13. The van der Waals surface area contributed by atoms with Gasteiger partial charge in [0.1, 0.15) is 0 Å². The average molecular weight is 411 g/mol. The van der Waals surface area contributed by atoms with Crippen molar-refractivity contribution in [3.63, 3.8) is 0 Å². The second kappa shape index (κ2) is 8.93. The topological polar surface area (TPSA) is 119 Å². The quantitative estimate of drug-likeness (QED) is 0.607. The molecule has 8 heteroatoms. The lowest BCUT2D eigenvalue weighted by Gasteiger charge is -2.15. The summed E-state index contributed by atoms with van der Waals surface area (Å²) in [5.74, 6) is 0.380. The molecule has 0 saturated carbocycles. The fourth-order valence-electron chi connectivity index (χ4n) is 3.10. The number of nitrogens with zero attached hydrogens (tertiary/aromatic N) is 5. The molecular weight excluding hydrogens is 390 g/mol. The SMILES string of the molecule is C/C(=C\C#N)c1cc(C)c(Nc2nc(Nc3ccc(C#N)cc3)c(=O)n(C)n2)c(C)c1. The zero-order chi connectivity index (χ0) is 22.5. The highest BCUT2D eigenvalue weighted by Gasteiger charge is 2.12. The number of rotatable bonds is 5. The normalized spacial score (nSPS) is 10.8. The Morgan fingerprint density at radius 2 is 1.74 bits per heavy atom. The van der Waals surface area contributed by atoms with E-state index in [2.05, 4.69) is 32.9 Å². The molecule has 0 atom stereocenters. The Balaban J connectivity index is 1.94. The number of hydrogen-bond acceptors (Lipinski definition) is 7. The van der Waals surface area contributed by atoms with Crippen molar-refractivity contribution in [3.8, 4) is 12.1 Å². The van der Waals surface area contributed by atoms with E-state index >= 15 is 0 Å². The first-order valence-electron chi connectivity index (χ1n) is 9.50. The fourth-order valence-corrected chi connectivity index (χ4v) is 3.10. The molecule has 0 saturated heterocycles. The predicted octanol–water partition coefficient (Wildman–Crippen LogP) is 4.08. The molecule has 0 aliphatic carbocycles. The second-order valence-electron chi connectivity index (χ2n) is 7.09. The zero-order valence-corrected chi connectivity index (χ0v) is 17.7. The van der Waals surface area contributed by atoms with Crippen LogP contribution in [0.15, 0.2) is 47.3 Å². The predicted molar refractivity (Wildman–Crippen MR) is 120 cm³/mol. The van der Waals surface area contributed by atoms with Gasteiger partial charge < -0.3 is 10.6 Å². The van der Waals surface area contributed by atoms with Gasteiger partial charge in [-0.25, -0.2) is 4.68 Å². The van der Waals surface area contributed by atoms with Crippen LogP contribution in [0.25, 0.3) is 5.57 Å². The molecule has 3 rings (SSSR count). The van der Waals surface area contributed by atoms with E-state index in [0.29, 0.717) is 11.3 Å². The molecule has 0 unspecified atom stereocenters. The molecule has 0 fully saturated rings. The van der Waals surface area contributed by atoms with E-state index in [1.807, 2.05) is 32.9 Å². The van der Waals surface area contributed by atoms with Crippen LogP contribution in [0.1, 0.15) is 29.2 Å². The van der Waals surface area contributed by atoms with Gasteiger partial charge in [-0.1, -0.05) is 0 Å². The lowest BCUT2D eigenvalue weighted by Crippen LogP contribution is -2.25. The van der Waals surface area contributed by atoms with Crippen LogP contribution in [-0.2, 0) is 7.05 Å². The molecule has 0 bridgehead atoms. The zero-order valence-electron chi connectivity index (χ0n) is 17.7. The number of nitriles is 2. The molecule has 2 N–H and O–H groups in total. The number of hydrogen-bond donors (Lipinski definition) is 2. The average Bonchev–Trinajstić information content (AvgIpc) is 2.74. The lowest BCUT2D eigenvalue weighted by molar-refractivity contribution is 0.699. The largest absolute Gasteiger partial charge is 0.335 e. The van der Waals surface area contributed by atoms with E-state index < -0.39 is 0 Å². The van der Waals surface area contributed by atoms with Crippen LogP contribution >= 0.6 is 0 Å². The van der Waals surface area contributed by atoms with Gasteiger partial charge in [0.05, 0.1) is 17.7 Å². The molecule has 8 nitrogen and oxygen atoms in total. The highest BCUT2D eigenvalue weighted by atomic mass is 16.1. The van der Waals surface area contributed by atoms with E-state index in [1.165, 1.54) is 10.8 Å². The Bertz CT molecular complexity index is 1280. The molecule has 1 aromatic heterocycles. The second-order valence-corrected chi connectivity index (χ2v) is 7.09. The monoisotopic (exact) mass is 411 g/mol. The molecule has 3 aromatic rings. The Morgan fingerprint density at radius 3 is 2.32 bits per heavy atom. The molecule has 0 amide bonds. The van der Waals surface area contributed by atoms with Crippen LogP contribution in [-0.4, -0.2) is 14.8 Å². The van der Waals surface area contributed by atoms with E-state index in [4.69, 9.17) is 10.5 Å². The molecular formula is C23H21N7O. The maximum Gasteiger partial charge on any atom is 0.309 e. The maximum atomic E-state index is 12.5. The summed E-state index contributed by atoms with van der Waals surface area (Å²) in [6.07, 6.45) is 1.51. The fraction of sp³-hybridized carbons (Fsp3) is 0.174. The van der Waals surface area contributed by atoms with Gasteiger partial charge in [0.2, 0.25) is 11.8 Å². The Hall–Kier alpha value is -4.43. The minimum atomic E-state index is -0.379. The summed E-state index contributed by atoms with van der Waals surface area (Å²) in [5, 5.41) is 28.2.